The summed E-state index contributed by atoms with van der Waals surface area (Å²) in [4.78, 5) is 7.82. The summed E-state index contributed by atoms with van der Waals surface area (Å²) < 4.78 is 43.0. The first-order valence-corrected chi connectivity index (χ1v) is 8.02. The molecule has 0 saturated carbocycles. The van der Waals surface area contributed by atoms with E-state index in [4.69, 9.17) is 4.74 Å². The third kappa shape index (κ3) is 3.52. The van der Waals surface area contributed by atoms with Crippen LogP contribution in [0.25, 0.3) is 0 Å². The van der Waals surface area contributed by atoms with Gasteiger partial charge in [0.15, 0.2) is 10.8 Å². The van der Waals surface area contributed by atoms with Crippen molar-refractivity contribution in [2.24, 2.45) is 0 Å². The highest BCUT2D eigenvalue weighted by molar-refractivity contribution is 7.13. The third-order valence-electron chi connectivity index (χ3n) is 3.77. The number of alkyl halides is 3. The molecule has 8 heteroatoms. The molecular weight excluding hydrogens is 327 g/mol. The highest BCUT2D eigenvalue weighted by Gasteiger charge is 2.34. The van der Waals surface area contributed by atoms with Gasteiger partial charge in [0.2, 0.25) is 0 Å². The molecule has 1 aromatic heterocycles. The Morgan fingerprint density at radius 3 is 2.17 bits per heavy atom. The first-order valence-electron chi connectivity index (χ1n) is 7.14. The fourth-order valence-corrected chi connectivity index (χ4v) is 3.37. The zero-order valence-corrected chi connectivity index (χ0v) is 13.3. The van der Waals surface area contributed by atoms with Gasteiger partial charge in [-0.2, -0.15) is 13.2 Å². The zero-order chi connectivity index (χ0) is 16.4. The van der Waals surface area contributed by atoms with Crippen molar-refractivity contribution in [1.82, 2.24) is 4.98 Å². The van der Waals surface area contributed by atoms with Gasteiger partial charge >= 0.3 is 6.18 Å². The fourth-order valence-electron chi connectivity index (χ4n) is 2.49. The Balaban J connectivity index is 1.62. The Labute approximate surface area is 136 Å². The molecule has 0 spiro atoms. The van der Waals surface area contributed by atoms with Crippen LogP contribution in [-0.2, 0) is 6.18 Å². The molecule has 0 radical (unpaired) electrons. The third-order valence-corrected chi connectivity index (χ3v) is 4.67. The van der Waals surface area contributed by atoms with Gasteiger partial charge < -0.3 is 14.5 Å². The highest BCUT2D eigenvalue weighted by Crippen LogP contribution is 2.33. The number of anilines is 2. The fraction of sp³-hybridized carbons (Fsp3) is 0.400. The standard InChI is InChI=1S/C15H16F3N3OS/c1-22-12-4-2-11(3-5-12)20-6-8-21(9-7-20)14-19-13(10-23-14)15(16,17)18/h2-5,10H,6-9H2,1H3. The number of hydrogen-bond donors (Lipinski definition) is 0. The van der Waals surface area contributed by atoms with Gasteiger partial charge in [-0.1, -0.05) is 0 Å². The van der Waals surface area contributed by atoms with Gasteiger partial charge in [-0.05, 0) is 24.3 Å². The summed E-state index contributed by atoms with van der Waals surface area (Å²) in [6.45, 7) is 2.79. The summed E-state index contributed by atoms with van der Waals surface area (Å²) in [7, 11) is 1.62. The van der Waals surface area contributed by atoms with E-state index >= 15 is 0 Å². The highest BCUT2D eigenvalue weighted by atomic mass is 32.1. The summed E-state index contributed by atoms with van der Waals surface area (Å²) in [5.74, 6) is 0.801. The average molecular weight is 343 g/mol. The number of hydrogen-bond acceptors (Lipinski definition) is 5. The van der Waals surface area contributed by atoms with Crippen molar-refractivity contribution in [3.05, 3.63) is 35.3 Å². The van der Waals surface area contributed by atoms with Crippen LogP contribution in [0.2, 0.25) is 0 Å². The summed E-state index contributed by atoms with van der Waals surface area (Å²) in [6.07, 6.45) is -4.38. The lowest BCUT2D eigenvalue weighted by atomic mass is 10.2. The molecule has 0 N–H and O–H groups in total. The molecule has 2 heterocycles. The summed E-state index contributed by atoms with van der Waals surface area (Å²) in [5, 5.41) is 1.51. The van der Waals surface area contributed by atoms with Crippen molar-refractivity contribution in [3.63, 3.8) is 0 Å². The second-order valence-electron chi connectivity index (χ2n) is 5.19. The monoisotopic (exact) mass is 343 g/mol. The minimum absolute atomic E-state index is 0.437. The molecule has 0 unspecified atom stereocenters. The Morgan fingerprint density at radius 1 is 1.04 bits per heavy atom. The maximum atomic E-state index is 12.6. The van der Waals surface area contributed by atoms with Gasteiger partial charge in [0.1, 0.15) is 5.75 Å². The summed E-state index contributed by atoms with van der Waals surface area (Å²) >= 11 is 1.04. The first kappa shape index (κ1) is 15.9. The van der Waals surface area contributed by atoms with Crippen LogP contribution in [0, 0.1) is 0 Å². The van der Waals surface area contributed by atoms with Crippen LogP contribution in [0.4, 0.5) is 24.0 Å². The summed E-state index contributed by atoms with van der Waals surface area (Å²) in [5.41, 5.74) is 0.274. The number of piperazine rings is 1. The van der Waals surface area contributed by atoms with Crippen molar-refractivity contribution >= 4 is 22.2 Å². The number of thiazole rings is 1. The normalized spacial score (nSPS) is 15.8. The minimum atomic E-state index is -4.38. The van der Waals surface area contributed by atoms with Gasteiger partial charge in [-0.25, -0.2) is 4.98 Å². The summed E-state index contributed by atoms with van der Waals surface area (Å²) in [6, 6.07) is 7.77. The lowest BCUT2D eigenvalue weighted by Crippen LogP contribution is -2.46. The van der Waals surface area contributed by atoms with E-state index in [1.165, 1.54) is 0 Å². The van der Waals surface area contributed by atoms with E-state index in [0.717, 1.165) is 41.2 Å². The Hall–Kier alpha value is -1.96. The second-order valence-corrected chi connectivity index (χ2v) is 6.02. The van der Waals surface area contributed by atoms with Crippen LogP contribution in [0.5, 0.6) is 5.75 Å². The van der Waals surface area contributed by atoms with Gasteiger partial charge in [-0.3, -0.25) is 0 Å². The molecule has 1 aliphatic heterocycles. The number of ether oxygens (including phenoxy) is 1. The van der Waals surface area contributed by atoms with Gasteiger partial charge in [0.25, 0.3) is 0 Å². The molecule has 2 aromatic rings. The Bertz CT molecular complexity index is 649. The molecule has 23 heavy (non-hydrogen) atoms. The Kier molecular flexibility index (Phi) is 4.34. The molecule has 1 aliphatic rings. The van der Waals surface area contributed by atoms with Crippen LogP contribution in [0.15, 0.2) is 29.6 Å². The molecule has 0 amide bonds. The number of rotatable bonds is 3. The number of benzene rings is 1. The molecule has 0 aliphatic carbocycles. The van der Waals surface area contributed by atoms with Gasteiger partial charge in [0, 0.05) is 37.2 Å². The number of nitrogens with zero attached hydrogens (tertiary/aromatic N) is 3. The van der Waals surface area contributed by atoms with E-state index in [1.54, 1.807) is 7.11 Å². The molecule has 1 aromatic carbocycles. The number of aromatic nitrogens is 1. The molecular formula is C15H16F3N3OS. The smallest absolute Gasteiger partial charge is 0.434 e. The Morgan fingerprint density at radius 2 is 1.65 bits per heavy atom. The number of halogens is 3. The SMILES string of the molecule is COc1ccc(N2CCN(c3nc(C(F)(F)F)cs3)CC2)cc1. The van der Waals surface area contributed by atoms with E-state index in [0.29, 0.717) is 18.2 Å². The van der Waals surface area contributed by atoms with Crippen LogP contribution in [-0.4, -0.2) is 38.3 Å². The first-order chi connectivity index (χ1) is 11.0. The second kappa shape index (κ2) is 6.27. The molecule has 1 saturated heterocycles. The van der Waals surface area contributed by atoms with Crippen LogP contribution in [0.3, 0.4) is 0 Å². The van der Waals surface area contributed by atoms with Crippen molar-refractivity contribution < 1.29 is 17.9 Å². The van der Waals surface area contributed by atoms with Crippen molar-refractivity contribution in [3.8, 4) is 5.75 Å². The van der Waals surface area contributed by atoms with E-state index in [9.17, 15) is 13.2 Å². The lowest BCUT2D eigenvalue weighted by Gasteiger charge is -2.36. The largest absolute Gasteiger partial charge is 0.497 e. The predicted octanol–water partition coefficient (Wildman–Crippen LogP) is 3.50. The molecule has 1 fully saturated rings. The molecule has 0 bridgehead atoms. The average Bonchev–Trinajstić information content (AvgIpc) is 3.05. The van der Waals surface area contributed by atoms with Crippen molar-refractivity contribution in [1.29, 1.82) is 0 Å². The van der Waals surface area contributed by atoms with Gasteiger partial charge in [0.05, 0.1) is 7.11 Å². The van der Waals surface area contributed by atoms with Crippen LogP contribution >= 0.6 is 11.3 Å². The molecule has 124 valence electrons. The van der Waals surface area contributed by atoms with E-state index in [2.05, 4.69) is 9.88 Å². The van der Waals surface area contributed by atoms with Crippen LogP contribution < -0.4 is 14.5 Å². The maximum absolute atomic E-state index is 12.6. The van der Waals surface area contributed by atoms with Crippen molar-refractivity contribution in [2.75, 3.05) is 43.1 Å². The topological polar surface area (TPSA) is 28.6 Å². The van der Waals surface area contributed by atoms with Crippen LogP contribution in [0.1, 0.15) is 5.69 Å². The number of methoxy groups -OCH3 is 1. The van der Waals surface area contributed by atoms with E-state index in [1.807, 2.05) is 29.2 Å². The van der Waals surface area contributed by atoms with Crippen molar-refractivity contribution in [2.45, 2.75) is 6.18 Å². The zero-order valence-electron chi connectivity index (χ0n) is 12.5. The van der Waals surface area contributed by atoms with E-state index in [-0.39, 0.29) is 0 Å². The molecule has 3 rings (SSSR count). The van der Waals surface area contributed by atoms with E-state index < -0.39 is 11.9 Å². The predicted molar refractivity (Wildman–Crippen MR) is 84.5 cm³/mol. The quantitative estimate of drug-likeness (QED) is 0.853. The van der Waals surface area contributed by atoms with Gasteiger partial charge in [-0.15, -0.1) is 11.3 Å². The minimum Gasteiger partial charge on any atom is -0.497 e. The molecule has 0 atom stereocenters. The lowest BCUT2D eigenvalue weighted by molar-refractivity contribution is -0.140. The molecule has 4 nitrogen and oxygen atoms in total. The maximum Gasteiger partial charge on any atom is 0.434 e.